The van der Waals surface area contributed by atoms with E-state index in [0.717, 1.165) is 12.1 Å². The Hall–Kier alpha value is -1.62. The van der Waals surface area contributed by atoms with Crippen molar-refractivity contribution in [3.05, 3.63) is 24.0 Å². The number of methoxy groups -OCH3 is 1. The second-order valence-electron chi connectivity index (χ2n) is 4.20. The maximum atomic E-state index is 13.4. The van der Waals surface area contributed by atoms with Gasteiger partial charge < -0.3 is 15.4 Å². The zero-order chi connectivity index (χ0) is 13.5. The average Bonchev–Trinajstić information content (AvgIpc) is 2.30. The van der Waals surface area contributed by atoms with Gasteiger partial charge in [0.2, 0.25) is 5.91 Å². The van der Waals surface area contributed by atoms with E-state index in [9.17, 15) is 9.18 Å². The van der Waals surface area contributed by atoms with Crippen LogP contribution in [0.15, 0.2) is 18.2 Å². The zero-order valence-corrected chi connectivity index (χ0v) is 10.9. The molecule has 0 aliphatic heterocycles. The largest absolute Gasteiger partial charge is 0.385 e. The number of rotatable bonds is 6. The summed E-state index contributed by atoms with van der Waals surface area (Å²) in [6.07, 6.45) is 0.851. The Morgan fingerprint density at radius 1 is 1.50 bits per heavy atom. The molecule has 0 bridgehead atoms. The Labute approximate surface area is 107 Å². The van der Waals surface area contributed by atoms with Gasteiger partial charge in [-0.15, -0.1) is 0 Å². The lowest BCUT2D eigenvalue weighted by molar-refractivity contribution is -0.114. The topological polar surface area (TPSA) is 50.4 Å². The van der Waals surface area contributed by atoms with Crippen molar-refractivity contribution in [1.29, 1.82) is 0 Å². The Kier molecular flexibility index (Phi) is 5.58. The smallest absolute Gasteiger partial charge is 0.221 e. The molecule has 4 nitrogen and oxygen atoms in total. The number of amides is 1. The van der Waals surface area contributed by atoms with Crippen LogP contribution in [-0.2, 0) is 9.53 Å². The van der Waals surface area contributed by atoms with Gasteiger partial charge in [-0.2, -0.15) is 0 Å². The van der Waals surface area contributed by atoms with E-state index in [0.29, 0.717) is 6.61 Å². The van der Waals surface area contributed by atoms with Gasteiger partial charge in [-0.05, 0) is 31.5 Å². The van der Waals surface area contributed by atoms with Crippen molar-refractivity contribution in [2.75, 3.05) is 24.4 Å². The predicted molar refractivity (Wildman–Crippen MR) is 70.3 cm³/mol. The Morgan fingerprint density at radius 3 is 2.83 bits per heavy atom. The number of ether oxygens (including phenoxy) is 1. The number of halogens is 1. The number of anilines is 2. The highest BCUT2D eigenvalue weighted by atomic mass is 19.1. The van der Waals surface area contributed by atoms with Crippen LogP contribution in [0.2, 0.25) is 0 Å². The fraction of sp³-hybridized carbons (Fsp3) is 0.462. The number of hydrogen-bond acceptors (Lipinski definition) is 3. The highest BCUT2D eigenvalue weighted by Crippen LogP contribution is 2.20. The molecule has 1 rings (SSSR count). The molecule has 2 N–H and O–H groups in total. The maximum absolute atomic E-state index is 13.4. The zero-order valence-electron chi connectivity index (χ0n) is 10.9. The lowest BCUT2D eigenvalue weighted by Crippen LogP contribution is -2.17. The first-order chi connectivity index (χ1) is 8.52. The molecule has 1 aromatic carbocycles. The number of carbonyl (C=O) groups is 1. The fourth-order valence-electron chi connectivity index (χ4n) is 1.55. The monoisotopic (exact) mass is 254 g/mol. The molecule has 0 spiro atoms. The first-order valence-corrected chi connectivity index (χ1v) is 5.85. The van der Waals surface area contributed by atoms with Gasteiger partial charge in [0.25, 0.3) is 0 Å². The molecule has 1 atom stereocenters. The highest BCUT2D eigenvalue weighted by molar-refractivity contribution is 5.89. The molecule has 100 valence electrons. The SMILES string of the molecule is COCCC(C)Nc1ccc(F)c(NC(C)=O)c1. The van der Waals surface area contributed by atoms with Gasteiger partial charge in [0, 0.05) is 32.4 Å². The molecule has 0 saturated carbocycles. The summed E-state index contributed by atoms with van der Waals surface area (Å²) in [6, 6.07) is 4.77. The van der Waals surface area contributed by atoms with E-state index in [1.807, 2.05) is 6.92 Å². The molecule has 0 fully saturated rings. The lowest BCUT2D eigenvalue weighted by Gasteiger charge is -2.15. The van der Waals surface area contributed by atoms with E-state index >= 15 is 0 Å². The molecule has 1 amide bonds. The van der Waals surface area contributed by atoms with Crippen LogP contribution in [0, 0.1) is 5.82 Å². The van der Waals surface area contributed by atoms with E-state index < -0.39 is 5.82 Å². The Bertz CT molecular complexity index is 410. The molecule has 5 heteroatoms. The molecule has 1 unspecified atom stereocenters. The van der Waals surface area contributed by atoms with Crippen LogP contribution in [0.1, 0.15) is 20.3 Å². The van der Waals surface area contributed by atoms with Crippen LogP contribution >= 0.6 is 0 Å². The first-order valence-electron chi connectivity index (χ1n) is 5.85. The number of hydrogen-bond donors (Lipinski definition) is 2. The lowest BCUT2D eigenvalue weighted by atomic mass is 10.2. The number of nitrogens with one attached hydrogen (secondary N) is 2. The minimum absolute atomic E-state index is 0.187. The summed E-state index contributed by atoms with van der Waals surface area (Å²) in [7, 11) is 1.65. The van der Waals surface area contributed by atoms with E-state index in [1.54, 1.807) is 19.2 Å². The standard InChI is InChI=1S/C13H19FN2O2/c1-9(6-7-18-3)15-11-4-5-12(14)13(8-11)16-10(2)17/h4-5,8-9,15H,6-7H2,1-3H3,(H,16,17). The summed E-state index contributed by atoms with van der Waals surface area (Å²) in [4.78, 5) is 10.9. The molecule has 0 heterocycles. The van der Waals surface area contributed by atoms with Gasteiger partial charge in [0.05, 0.1) is 5.69 Å². The van der Waals surface area contributed by atoms with Crippen molar-refractivity contribution < 1.29 is 13.9 Å². The normalized spacial score (nSPS) is 12.0. The molecular formula is C13H19FN2O2. The van der Waals surface area contributed by atoms with E-state index in [1.165, 1.54) is 13.0 Å². The molecule has 0 aromatic heterocycles. The van der Waals surface area contributed by atoms with Crippen LogP contribution in [0.3, 0.4) is 0 Å². The maximum Gasteiger partial charge on any atom is 0.221 e. The summed E-state index contributed by atoms with van der Waals surface area (Å²) in [6.45, 7) is 4.02. The summed E-state index contributed by atoms with van der Waals surface area (Å²) in [5.41, 5.74) is 0.954. The van der Waals surface area contributed by atoms with Crippen molar-refractivity contribution in [2.45, 2.75) is 26.3 Å². The second kappa shape index (κ2) is 6.96. The van der Waals surface area contributed by atoms with Crippen LogP contribution in [0.5, 0.6) is 0 Å². The first kappa shape index (κ1) is 14.4. The van der Waals surface area contributed by atoms with Crippen molar-refractivity contribution in [3.8, 4) is 0 Å². The van der Waals surface area contributed by atoms with E-state index in [-0.39, 0.29) is 17.6 Å². The third-order valence-corrected chi connectivity index (χ3v) is 2.45. The molecule has 0 aliphatic rings. The fourth-order valence-corrected chi connectivity index (χ4v) is 1.55. The summed E-state index contributed by atoms with van der Waals surface area (Å²) < 4.78 is 18.4. The third kappa shape index (κ3) is 4.71. The van der Waals surface area contributed by atoms with Crippen LogP contribution < -0.4 is 10.6 Å². The molecule has 18 heavy (non-hydrogen) atoms. The van der Waals surface area contributed by atoms with Crippen molar-refractivity contribution in [1.82, 2.24) is 0 Å². The van der Waals surface area contributed by atoms with E-state index in [4.69, 9.17) is 4.74 Å². The van der Waals surface area contributed by atoms with Gasteiger partial charge in [-0.25, -0.2) is 4.39 Å². The van der Waals surface area contributed by atoms with Gasteiger partial charge >= 0.3 is 0 Å². The Morgan fingerprint density at radius 2 is 2.22 bits per heavy atom. The number of benzene rings is 1. The molecule has 0 aliphatic carbocycles. The minimum atomic E-state index is -0.444. The molecular weight excluding hydrogens is 235 g/mol. The van der Waals surface area contributed by atoms with Crippen molar-refractivity contribution >= 4 is 17.3 Å². The second-order valence-corrected chi connectivity index (χ2v) is 4.20. The van der Waals surface area contributed by atoms with Crippen LogP contribution in [-0.4, -0.2) is 25.7 Å². The van der Waals surface area contributed by atoms with Crippen molar-refractivity contribution in [3.63, 3.8) is 0 Å². The number of carbonyl (C=O) groups excluding carboxylic acids is 1. The predicted octanol–water partition coefficient (Wildman–Crippen LogP) is 2.62. The molecule has 0 radical (unpaired) electrons. The minimum Gasteiger partial charge on any atom is -0.385 e. The van der Waals surface area contributed by atoms with E-state index in [2.05, 4.69) is 10.6 Å². The van der Waals surface area contributed by atoms with Crippen molar-refractivity contribution in [2.24, 2.45) is 0 Å². The van der Waals surface area contributed by atoms with Crippen LogP contribution in [0.25, 0.3) is 0 Å². The van der Waals surface area contributed by atoms with Gasteiger partial charge in [-0.1, -0.05) is 0 Å². The summed E-state index contributed by atoms with van der Waals surface area (Å²) in [5.74, 6) is -0.737. The van der Waals surface area contributed by atoms with Gasteiger partial charge in [0.15, 0.2) is 0 Å². The van der Waals surface area contributed by atoms with Gasteiger partial charge in [-0.3, -0.25) is 4.79 Å². The highest BCUT2D eigenvalue weighted by Gasteiger charge is 2.07. The quantitative estimate of drug-likeness (QED) is 0.820. The van der Waals surface area contributed by atoms with Crippen LogP contribution in [0.4, 0.5) is 15.8 Å². The van der Waals surface area contributed by atoms with Gasteiger partial charge in [0.1, 0.15) is 5.82 Å². The average molecular weight is 254 g/mol. The Balaban J connectivity index is 2.69. The molecule has 1 aromatic rings. The third-order valence-electron chi connectivity index (χ3n) is 2.45. The molecule has 0 saturated heterocycles. The summed E-state index contributed by atoms with van der Waals surface area (Å²) in [5, 5.41) is 5.67. The summed E-state index contributed by atoms with van der Waals surface area (Å²) >= 11 is 0.